The van der Waals surface area contributed by atoms with Crippen LogP contribution in [0.2, 0.25) is 0 Å². The zero-order valence-corrected chi connectivity index (χ0v) is 23.3. The van der Waals surface area contributed by atoms with E-state index >= 15 is 0 Å². The quantitative estimate of drug-likeness (QED) is 0.295. The molecule has 4 heterocycles. The van der Waals surface area contributed by atoms with Crippen molar-refractivity contribution in [2.45, 2.75) is 62.1 Å². The Morgan fingerprint density at radius 1 is 1.35 bits per heavy atom. The number of nitrogens with zero attached hydrogens (tertiary/aromatic N) is 3. The molecular weight excluding hydrogens is 494 g/mol. The maximum Gasteiger partial charge on any atom is 0.310 e. The van der Waals surface area contributed by atoms with Crippen LogP contribution < -0.4 is 0 Å². The number of amides is 2. The van der Waals surface area contributed by atoms with Gasteiger partial charge in [0.25, 0.3) is 0 Å². The summed E-state index contributed by atoms with van der Waals surface area (Å²) in [4.78, 5) is 47.5. The van der Waals surface area contributed by atoms with Gasteiger partial charge in [-0.1, -0.05) is 26.3 Å². The minimum Gasteiger partial charge on any atom is -0.466 e. The van der Waals surface area contributed by atoms with E-state index in [1.165, 1.54) is 0 Å². The molecule has 1 N–H and O–H groups in total. The first-order chi connectivity index (χ1) is 17.8. The Bertz CT molecular complexity index is 867. The van der Waals surface area contributed by atoms with Gasteiger partial charge in [-0.15, -0.1) is 18.3 Å². The lowest BCUT2D eigenvalue weighted by Gasteiger charge is -2.41. The molecule has 4 aliphatic rings. The molecule has 37 heavy (non-hydrogen) atoms. The van der Waals surface area contributed by atoms with E-state index in [-0.39, 0.29) is 42.2 Å². The van der Waals surface area contributed by atoms with Crippen LogP contribution in [0.3, 0.4) is 0 Å². The van der Waals surface area contributed by atoms with Crippen molar-refractivity contribution >= 4 is 29.5 Å². The summed E-state index contributed by atoms with van der Waals surface area (Å²) in [6.07, 6.45) is 3.97. The second kappa shape index (κ2) is 12.1. The van der Waals surface area contributed by atoms with Gasteiger partial charge in [0.1, 0.15) is 6.04 Å². The van der Waals surface area contributed by atoms with Crippen LogP contribution in [-0.4, -0.2) is 119 Å². The topological polar surface area (TPSA) is 99.6 Å². The number of likely N-dealkylation sites (tertiary alicyclic amines) is 1. The van der Waals surface area contributed by atoms with Gasteiger partial charge in [0, 0.05) is 38.0 Å². The summed E-state index contributed by atoms with van der Waals surface area (Å²) < 4.78 is 10.2. The Balaban J connectivity index is 1.69. The molecule has 0 aromatic rings. The number of morpholine rings is 1. The van der Waals surface area contributed by atoms with Gasteiger partial charge in [0.15, 0.2) is 0 Å². The summed E-state index contributed by atoms with van der Waals surface area (Å²) >= 11 is 1.64. The number of thioether (sulfide) groups is 1. The molecule has 0 aromatic heterocycles. The third-order valence-corrected chi connectivity index (χ3v) is 10.8. The molecule has 4 fully saturated rings. The van der Waals surface area contributed by atoms with E-state index in [1.54, 1.807) is 34.6 Å². The minimum absolute atomic E-state index is 0.00363. The van der Waals surface area contributed by atoms with Crippen molar-refractivity contribution in [3.8, 4) is 0 Å². The first kappa shape index (κ1) is 28.4. The van der Waals surface area contributed by atoms with E-state index in [9.17, 15) is 19.5 Å². The van der Waals surface area contributed by atoms with Crippen molar-refractivity contribution in [2.24, 2.45) is 17.8 Å². The number of fused-ring (bicyclic) bond motifs is 1. The molecule has 0 radical (unpaired) electrons. The smallest absolute Gasteiger partial charge is 0.310 e. The van der Waals surface area contributed by atoms with Crippen LogP contribution in [0.25, 0.3) is 0 Å². The molecule has 7 atom stereocenters. The molecule has 4 rings (SSSR count). The van der Waals surface area contributed by atoms with E-state index in [0.29, 0.717) is 32.7 Å². The third kappa shape index (κ3) is 5.06. The highest BCUT2D eigenvalue weighted by Crippen LogP contribution is 2.67. The van der Waals surface area contributed by atoms with Crippen molar-refractivity contribution in [3.63, 3.8) is 0 Å². The molecule has 0 saturated carbocycles. The zero-order chi connectivity index (χ0) is 26.7. The molecule has 10 heteroatoms. The minimum atomic E-state index is -0.727. The standard InChI is InChI=1S/C27H43N3O6S/c1-5-10-29(12-11-28-13-15-35-16-14-28)25(33)23-27-9-8-20(37-27)21(26(34)36-7-3)22(27)24(32)30(23)19(17-31)18(4)6-2/h5,18-23,31H,1,6-17H2,2-4H3/t18-,19-,20+,21-,22-,23?,27?/m0/s1. The Hall–Kier alpha value is -1.62. The number of hydrogen-bond acceptors (Lipinski definition) is 8. The molecule has 2 bridgehead atoms. The summed E-state index contributed by atoms with van der Waals surface area (Å²) in [6, 6.07) is -1.21. The Labute approximate surface area is 224 Å². The average Bonchev–Trinajstić information content (AvgIpc) is 3.55. The van der Waals surface area contributed by atoms with Crippen molar-refractivity contribution in [3.05, 3.63) is 12.7 Å². The van der Waals surface area contributed by atoms with Gasteiger partial charge in [-0.05, 0) is 25.7 Å². The van der Waals surface area contributed by atoms with Crippen LogP contribution in [0.5, 0.6) is 0 Å². The fourth-order valence-corrected chi connectivity index (χ4v) is 8.94. The predicted molar refractivity (Wildman–Crippen MR) is 142 cm³/mol. The van der Waals surface area contributed by atoms with Crippen LogP contribution in [0.4, 0.5) is 0 Å². The second-order valence-corrected chi connectivity index (χ2v) is 12.3. The number of esters is 1. The molecule has 2 amide bonds. The van der Waals surface area contributed by atoms with Gasteiger partial charge in [-0.3, -0.25) is 19.3 Å². The number of ether oxygens (including phenoxy) is 2. The summed E-state index contributed by atoms with van der Waals surface area (Å²) in [7, 11) is 0. The van der Waals surface area contributed by atoms with Crippen LogP contribution in [-0.2, 0) is 23.9 Å². The first-order valence-electron chi connectivity index (χ1n) is 13.8. The fourth-order valence-electron chi connectivity index (χ4n) is 6.76. The molecule has 0 aliphatic carbocycles. The normalized spacial score (nSPS) is 32.8. The van der Waals surface area contributed by atoms with Crippen LogP contribution >= 0.6 is 11.8 Å². The summed E-state index contributed by atoms with van der Waals surface area (Å²) in [6.45, 7) is 14.4. The molecular formula is C27H43N3O6S. The lowest BCUT2D eigenvalue weighted by atomic mass is 9.71. The van der Waals surface area contributed by atoms with Crippen molar-refractivity contribution in [1.29, 1.82) is 0 Å². The van der Waals surface area contributed by atoms with Crippen molar-refractivity contribution in [1.82, 2.24) is 14.7 Å². The van der Waals surface area contributed by atoms with E-state index < -0.39 is 28.7 Å². The Morgan fingerprint density at radius 3 is 2.70 bits per heavy atom. The number of carbonyl (C=O) groups excluding carboxylic acids is 3. The van der Waals surface area contributed by atoms with Gasteiger partial charge in [0.2, 0.25) is 11.8 Å². The Kier molecular flexibility index (Phi) is 9.25. The summed E-state index contributed by atoms with van der Waals surface area (Å²) in [5.41, 5.74) is 0. The number of hydrogen-bond donors (Lipinski definition) is 1. The number of aliphatic hydroxyl groups is 1. The van der Waals surface area contributed by atoms with Gasteiger partial charge >= 0.3 is 5.97 Å². The van der Waals surface area contributed by atoms with Gasteiger partial charge in [0.05, 0.1) is 49.1 Å². The molecule has 4 saturated heterocycles. The van der Waals surface area contributed by atoms with E-state index in [2.05, 4.69) is 11.5 Å². The highest BCUT2D eigenvalue weighted by molar-refractivity contribution is 8.02. The summed E-state index contributed by atoms with van der Waals surface area (Å²) in [5.74, 6) is -1.78. The third-order valence-electron chi connectivity index (χ3n) is 8.83. The maximum atomic E-state index is 14.5. The van der Waals surface area contributed by atoms with Crippen LogP contribution in [0.1, 0.15) is 40.0 Å². The van der Waals surface area contributed by atoms with Crippen LogP contribution in [0.15, 0.2) is 12.7 Å². The SMILES string of the molecule is C=CCN(CCN1CCOCC1)C(=O)C1N([C@@H](CO)[C@@H](C)CC)C(=O)[C@@H]2[C@@H](C(=O)OCC)[C@H]3CCC12S3. The number of aliphatic hydroxyl groups excluding tert-OH is 1. The molecule has 0 aromatic carbocycles. The highest BCUT2D eigenvalue weighted by Gasteiger charge is 2.75. The number of carbonyl (C=O) groups is 3. The van der Waals surface area contributed by atoms with Gasteiger partial charge in [-0.2, -0.15) is 0 Å². The molecule has 2 unspecified atom stereocenters. The summed E-state index contributed by atoms with van der Waals surface area (Å²) in [5, 5.41) is 10.4. The molecule has 208 valence electrons. The lowest BCUT2D eigenvalue weighted by molar-refractivity contribution is -0.154. The van der Waals surface area contributed by atoms with Gasteiger partial charge < -0.3 is 24.4 Å². The maximum absolute atomic E-state index is 14.5. The molecule has 1 spiro atoms. The van der Waals surface area contributed by atoms with Crippen molar-refractivity contribution in [2.75, 3.05) is 59.2 Å². The van der Waals surface area contributed by atoms with E-state index in [0.717, 1.165) is 32.5 Å². The average molecular weight is 538 g/mol. The zero-order valence-electron chi connectivity index (χ0n) is 22.5. The van der Waals surface area contributed by atoms with Gasteiger partial charge in [-0.25, -0.2) is 0 Å². The largest absolute Gasteiger partial charge is 0.466 e. The van der Waals surface area contributed by atoms with E-state index in [4.69, 9.17) is 9.47 Å². The molecule has 9 nitrogen and oxygen atoms in total. The highest BCUT2D eigenvalue weighted by atomic mass is 32.2. The van der Waals surface area contributed by atoms with Crippen molar-refractivity contribution < 1.29 is 29.0 Å². The predicted octanol–water partition coefficient (Wildman–Crippen LogP) is 1.39. The second-order valence-electron chi connectivity index (χ2n) is 10.7. The monoisotopic (exact) mass is 537 g/mol. The Morgan fingerprint density at radius 2 is 2.08 bits per heavy atom. The van der Waals surface area contributed by atoms with Crippen LogP contribution in [0, 0.1) is 17.8 Å². The fraction of sp³-hybridized carbons (Fsp3) is 0.815. The lowest BCUT2D eigenvalue weighted by Crippen LogP contribution is -2.59. The number of rotatable bonds is 12. The van der Waals surface area contributed by atoms with E-state index in [1.807, 2.05) is 13.8 Å². The molecule has 4 aliphatic heterocycles. The first-order valence-corrected chi connectivity index (χ1v) is 14.7.